The molecule has 4 rings (SSSR count). The number of carbonyl (C=O) groups is 1. The van der Waals surface area contributed by atoms with Gasteiger partial charge in [-0.05, 0) is 81.8 Å². The summed E-state index contributed by atoms with van der Waals surface area (Å²) in [5, 5.41) is 17.3. The number of hydrogen-bond donors (Lipinski definition) is 2. The van der Waals surface area contributed by atoms with Crippen LogP contribution in [0.15, 0.2) is 22.7 Å². The van der Waals surface area contributed by atoms with E-state index in [1.807, 2.05) is 26.0 Å². The van der Waals surface area contributed by atoms with Gasteiger partial charge in [0.2, 0.25) is 5.91 Å². The third kappa shape index (κ3) is 5.25. The summed E-state index contributed by atoms with van der Waals surface area (Å²) >= 11 is 0. The van der Waals surface area contributed by atoms with Crippen LogP contribution in [0.2, 0.25) is 0 Å². The van der Waals surface area contributed by atoms with Gasteiger partial charge in [-0.25, -0.2) is 0 Å². The molecule has 2 aliphatic carbocycles. The second-order valence-electron chi connectivity index (χ2n) is 10.6. The van der Waals surface area contributed by atoms with E-state index in [-0.39, 0.29) is 18.4 Å². The second-order valence-corrected chi connectivity index (χ2v) is 10.6. The molecule has 1 aromatic heterocycles. The maximum atomic E-state index is 12.9. The second kappa shape index (κ2) is 9.78. The first-order valence-electron chi connectivity index (χ1n) is 12.3. The largest absolute Gasteiger partial charge is 0.396 e. The minimum Gasteiger partial charge on any atom is -0.396 e. The summed E-state index contributed by atoms with van der Waals surface area (Å²) in [6.45, 7) is 8.67. The van der Waals surface area contributed by atoms with Gasteiger partial charge in [0.05, 0.1) is 5.69 Å². The number of aryl methyl sites for hydroxylation is 2. The molecule has 0 bridgehead atoms. The molecule has 32 heavy (non-hydrogen) atoms. The lowest BCUT2D eigenvalue weighted by Gasteiger charge is -2.35. The SMILES string of the molecule is Cc1ccc(NC(=O)C[C@H](CCO)c2noc(C3CC(CC(C)C)C3)c2C2CC2)c(C)c1. The Morgan fingerprint density at radius 1 is 1.22 bits per heavy atom. The lowest BCUT2D eigenvalue weighted by atomic mass is 9.69. The zero-order valence-electron chi connectivity index (χ0n) is 20.0. The molecule has 0 spiro atoms. The number of anilines is 1. The highest BCUT2D eigenvalue weighted by atomic mass is 16.5. The highest BCUT2D eigenvalue weighted by molar-refractivity contribution is 5.92. The fraction of sp³-hybridized carbons (Fsp3) is 0.630. The number of amides is 1. The molecule has 174 valence electrons. The van der Waals surface area contributed by atoms with Crippen LogP contribution in [0.25, 0.3) is 0 Å². The Morgan fingerprint density at radius 3 is 2.59 bits per heavy atom. The van der Waals surface area contributed by atoms with Gasteiger partial charge in [-0.15, -0.1) is 0 Å². The van der Waals surface area contributed by atoms with E-state index in [2.05, 4.69) is 30.4 Å². The van der Waals surface area contributed by atoms with Crippen molar-refractivity contribution in [2.75, 3.05) is 11.9 Å². The zero-order valence-corrected chi connectivity index (χ0v) is 20.0. The molecule has 2 saturated carbocycles. The van der Waals surface area contributed by atoms with Crippen molar-refractivity contribution < 1.29 is 14.4 Å². The van der Waals surface area contributed by atoms with E-state index in [1.54, 1.807) is 0 Å². The Kier molecular flexibility index (Phi) is 7.04. The summed E-state index contributed by atoms with van der Waals surface area (Å²) in [7, 11) is 0. The van der Waals surface area contributed by atoms with Crippen LogP contribution >= 0.6 is 0 Å². The molecule has 2 N–H and O–H groups in total. The van der Waals surface area contributed by atoms with Crippen LogP contribution in [0.1, 0.15) is 105 Å². The summed E-state index contributed by atoms with van der Waals surface area (Å²) < 4.78 is 5.95. The molecule has 1 heterocycles. The number of nitrogens with zero attached hydrogens (tertiary/aromatic N) is 1. The van der Waals surface area contributed by atoms with Gasteiger partial charge in [-0.3, -0.25) is 4.79 Å². The fourth-order valence-electron chi connectivity index (χ4n) is 5.37. The van der Waals surface area contributed by atoms with Gasteiger partial charge in [-0.2, -0.15) is 0 Å². The van der Waals surface area contributed by atoms with Gasteiger partial charge in [0.25, 0.3) is 0 Å². The van der Waals surface area contributed by atoms with Crippen molar-refractivity contribution in [1.29, 1.82) is 0 Å². The Bertz CT molecular complexity index is 938. The van der Waals surface area contributed by atoms with Gasteiger partial charge in [0, 0.05) is 36.1 Å². The number of aromatic nitrogens is 1. The molecule has 5 nitrogen and oxygen atoms in total. The molecule has 1 atom stereocenters. The van der Waals surface area contributed by atoms with Gasteiger partial charge >= 0.3 is 0 Å². The standard InChI is InChI=1S/C27H38N2O3/c1-16(2)11-19-13-22(14-19)27-25(20-6-7-20)26(29-32-27)21(9-10-30)15-24(31)28-23-8-5-17(3)12-18(23)4/h5,8,12,16,19-22,30H,6-7,9-11,13-15H2,1-4H3,(H,28,31)/t19?,21-,22?/m0/s1. The molecular weight excluding hydrogens is 400 g/mol. The third-order valence-electron chi connectivity index (χ3n) is 7.13. The maximum absolute atomic E-state index is 12.9. The number of benzene rings is 1. The van der Waals surface area contributed by atoms with Crippen molar-refractivity contribution in [3.8, 4) is 0 Å². The predicted molar refractivity (Wildman–Crippen MR) is 127 cm³/mol. The first-order chi connectivity index (χ1) is 15.4. The molecule has 0 saturated heterocycles. The minimum absolute atomic E-state index is 0.0354. The van der Waals surface area contributed by atoms with Gasteiger partial charge in [0.15, 0.2) is 0 Å². The highest BCUT2D eigenvalue weighted by Crippen LogP contribution is 2.52. The average molecular weight is 439 g/mol. The fourth-order valence-corrected chi connectivity index (χ4v) is 5.37. The van der Waals surface area contributed by atoms with Crippen LogP contribution < -0.4 is 5.32 Å². The molecule has 5 heteroatoms. The van der Waals surface area contributed by atoms with E-state index in [1.165, 1.54) is 43.2 Å². The average Bonchev–Trinajstić information content (AvgIpc) is 3.45. The molecular formula is C27H38N2O3. The maximum Gasteiger partial charge on any atom is 0.225 e. The van der Waals surface area contributed by atoms with Crippen molar-refractivity contribution in [3.63, 3.8) is 0 Å². The van der Waals surface area contributed by atoms with Gasteiger partial charge < -0.3 is 14.9 Å². The van der Waals surface area contributed by atoms with Crippen molar-refractivity contribution >= 4 is 11.6 Å². The van der Waals surface area contributed by atoms with Gasteiger partial charge in [0.1, 0.15) is 5.76 Å². The molecule has 0 aliphatic heterocycles. The number of nitrogens with one attached hydrogen (secondary N) is 1. The summed E-state index contributed by atoms with van der Waals surface area (Å²) in [6.07, 6.45) is 6.82. The molecule has 0 unspecified atom stereocenters. The van der Waals surface area contributed by atoms with Crippen LogP contribution in [0.3, 0.4) is 0 Å². The third-order valence-corrected chi connectivity index (χ3v) is 7.13. The summed E-state index contributed by atoms with van der Waals surface area (Å²) in [4.78, 5) is 12.9. The lowest BCUT2D eigenvalue weighted by Crippen LogP contribution is -2.24. The van der Waals surface area contributed by atoms with E-state index in [0.29, 0.717) is 24.7 Å². The molecule has 2 fully saturated rings. The highest BCUT2D eigenvalue weighted by Gasteiger charge is 2.41. The summed E-state index contributed by atoms with van der Waals surface area (Å²) in [5.74, 6) is 3.41. The topological polar surface area (TPSA) is 75.4 Å². The van der Waals surface area contributed by atoms with E-state index in [9.17, 15) is 9.90 Å². The lowest BCUT2D eigenvalue weighted by molar-refractivity contribution is -0.116. The Morgan fingerprint density at radius 2 is 1.97 bits per heavy atom. The first kappa shape index (κ1) is 23.0. The van der Waals surface area contributed by atoms with Crippen LogP contribution in [-0.2, 0) is 4.79 Å². The summed E-state index contributed by atoms with van der Waals surface area (Å²) in [5.41, 5.74) is 5.25. The van der Waals surface area contributed by atoms with Crippen molar-refractivity contribution in [2.24, 2.45) is 11.8 Å². The number of aliphatic hydroxyl groups excluding tert-OH is 1. The zero-order chi connectivity index (χ0) is 22.8. The van der Waals surface area contributed by atoms with E-state index in [0.717, 1.165) is 34.5 Å². The van der Waals surface area contributed by atoms with Crippen LogP contribution in [0.5, 0.6) is 0 Å². The van der Waals surface area contributed by atoms with Crippen molar-refractivity contribution in [3.05, 3.63) is 46.3 Å². The van der Waals surface area contributed by atoms with Crippen molar-refractivity contribution in [1.82, 2.24) is 5.16 Å². The monoisotopic (exact) mass is 438 g/mol. The summed E-state index contributed by atoms with van der Waals surface area (Å²) in [6, 6.07) is 6.03. The Labute approximate surface area is 192 Å². The number of rotatable bonds is 10. The molecule has 1 amide bonds. The normalized spacial score (nSPS) is 21.4. The van der Waals surface area contributed by atoms with Crippen LogP contribution in [-0.4, -0.2) is 22.8 Å². The predicted octanol–water partition coefficient (Wildman–Crippen LogP) is 6.20. The Balaban J connectivity index is 1.48. The van der Waals surface area contributed by atoms with E-state index >= 15 is 0 Å². The van der Waals surface area contributed by atoms with Crippen molar-refractivity contribution in [2.45, 2.75) is 90.4 Å². The van der Waals surface area contributed by atoms with E-state index in [4.69, 9.17) is 4.52 Å². The first-order valence-corrected chi connectivity index (χ1v) is 12.3. The molecule has 0 radical (unpaired) electrons. The van der Waals surface area contributed by atoms with Gasteiger partial charge in [-0.1, -0.05) is 36.7 Å². The Hall–Kier alpha value is -2.14. The number of aliphatic hydroxyl groups is 1. The van der Waals surface area contributed by atoms with Crippen LogP contribution in [0, 0.1) is 25.7 Å². The molecule has 1 aromatic carbocycles. The quantitative estimate of drug-likeness (QED) is 0.463. The number of carbonyl (C=O) groups excluding carboxylic acids is 1. The molecule has 2 aromatic rings. The van der Waals surface area contributed by atoms with E-state index < -0.39 is 0 Å². The van der Waals surface area contributed by atoms with Crippen LogP contribution in [0.4, 0.5) is 5.69 Å². The smallest absolute Gasteiger partial charge is 0.225 e. The molecule has 2 aliphatic rings. The minimum atomic E-state index is -0.120. The number of hydrogen-bond acceptors (Lipinski definition) is 4.